The first kappa shape index (κ1) is 11.6. The summed E-state index contributed by atoms with van der Waals surface area (Å²) in [5.74, 6) is -1.27. The quantitative estimate of drug-likeness (QED) is 0.678. The van der Waals surface area contributed by atoms with Gasteiger partial charge in [-0.2, -0.15) is 0 Å². The predicted molar refractivity (Wildman–Crippen MR) is 63.7 cm³/mol. The van der Waals surface area contributed by atoms with Gasteiger partial charge in [-0.3, -0.25) is 0 Å². The molecule has 4 heteroatoms. The van der Waals surface area contributed by atoms with E-state index in [0.717, 1.165) is 12.8 Å². The van der Waals surface area contributed by atoms with Crippen molar-refractivity contribution in [2.45, 2.75) is 64.1 Å². The largest absolute Gasteiger partial charge is 0.388 e. The van der Waals surface area contributed by atoms with Crippen molar-refractivity contribution < 1.29 is 19.7 Å². The van der Waals surface area contributed by atoms with E-state index < -0.39 is 28.3 Å². The zero-order valence-corrected chi connectivity index (χ0v) is 11.5. The molecule has 18 heavy (non-hydrogen) atoms. The summed E-state index contributed by atoms with van der Waals surface area (Å²) >= 11 is 0. The van der Waals surface area contributed by atoms with Gasteiger partial charge in [0.1, 0.15) is 6.10 Å². The molecular formula is C14H22O4. The van der Waals surface area contributed by atoms with E-state index in [-0.39, 0.29) is 11.5 Å². The molecule has 2 saturated heterocycles. The van der Waals surface area contributed by atoms with E-state index in [2.05, 4.69) is 13.8 Å². The fraction of sp³-hybridized carbons (Fsp3) is 1.00. The van der Waals surface area contributed by atoms with Gasteiger partial charge in [0.15, 0.2) is 5.79 Å². The molecule has 6 atom stereocenters. The van der Waals surface area contributed by atoms with Crippen molar-refractivity contribution in [2.75, 3.05) is 6.61 Å². The summed E-state index contributed by atoms with van der Waals surface area (Å²) in [6.45, 7) is 8.51. The van der Waals surface area contributed by atoms with Crippen molar-refractivity contribution >= 4 is 0 Å². The second-order valence-electron chi connectivity index (χ2n) is 7.63. The van der Waals surface area contributed by atoms with Crippen molar-refractivity contribution in [3.63, 3.8) is 0 Å². The lowest BCUT2D eigenvalue weighted by molar-refractivity contribution is -0.427. The van der Waals surface area contributed by atoms with E-state index in [4.69, 9.17) is 9.47 Å². The molecule has 2 bridgehead atoms. The van der Waals surface area contributed by atoms with Crippen LogP contribution < -0.4 is 0 Å². The maximum Gasteiger partial charge on any atom is 0.198 e. The highest BCUT2D eigenvalue weighted by Crippen LogP contribution is 2.78. The molecular weight excluding hydrogens is 232 g/mol. The van der Waals surface area contributed by atoms with Crippen LogP contribution in [-0.4, -0.2) is 40.4 Å². The van der Waals surface area contributed by atoms with Crippen LogP contribution in [0.15, 0.2) is 0 Å². The molecule has 0 aromatic carbocycles. The van der Waals surface area contributed by atoms with E-state index in [1.807, 2.05) is 13.8 Å². The van der Waals surface area contributed by atoms with Crippen molar-refractivity contribution in [2.24, 2.45) is 16.2 Å². The first-order valence-electron chi connectivity index (χ1n) is 6.89. The summed E-state index contributed by atoms with van der Waals surface area (Å²) in [6, 6.07) is 0. The summed E-state index contributed by atoms with van der Waals surface area (Å²) in [7, 11) is 0. The highest BCUT2D eigenvalue weighted by molar-refractivity contribution is 5.33. The zero-order valence-electron chi connectivity index (χ0n) is 11.5. The summed E-state index contributed by atoms with van der Waals surface area (Å²) < 4.78 is 11.7. The van der Waals surface area contributed by atoms with E-state index in [1.165, 1.54) is 0 Å². The van der Waals surface area contributed by atoms with Gasteiger partial charge in [-0.05, 0) is 12.8 Å². The van der Waals surface area contributed by atoms with E-state index in [0.29, 0.717) is 6.61 Å². The molecule has 2 N–H and O–H groups in total. The maximum atomic E-state index is 11.4. The van der Waals surface area contributed by atoms with Gasteiger partial charge in [0.05, 0.1) is 23.7 Å². The van der Waals surface area contributed by atoms with Crippen LogP contribution in [0.25, 0.3) is 0 Å². The molecule has 4 nitrogen and oxygen atoms in total. The van der Waals surface area contributed by atoms with Crippen LogP contribution in [0.1, 0.15) is 40.5 Å². The SMILES string of the molecule is CC12C3CCC1(O)C1(C)COC(O)(C2O3)C1(C)C. The molecule has 6 unspecified atom stereocenters. The minimum Gasteiger partial charge on any atom is -0.388 e. The van der Waals surface area contributed by atoms with Gasteiger partial charge in [0.25, 0.3) is 0 Å². The number of ether oxygens (including phenoxy) is 2. The molecule has 0 amide bonds. The summed E-state index contributed by atoms with van der Waals surface area (Å²) in [4.78, 5) is 0. The Morgan fingerprint density at radius 1 is 1.11 bits per heavy atom. The topological polar surface area (TPSA) is 58.9 Å². The number of hydrogen-bond acceptors (Lipinski definition) is 4. The number of rotatable bonds is 0. The maximum absolute atomic E-state index is 11.4. The molecule has 2 aliphatic heterocycles. The highest BCUT2D eigenvalue weighted by atomic mass is 16.7. The standard InChI is InChI=1S/C14H22O4/c1-10(2)11(3)7-17-14(10,16)9-12(4)8(18-9)5-6-13(11,12)15/h8-9,15-16H,5-7H2,1-4H3. The van der Waals surface area contributed by atoms with Gasteiger partial charge in [-0.15, -0.1) is 0 Å². The summed E-state index contributed by atoms with van der Waals surface area (Å²) in [5.41, 5.74) is -2.13. The van der Waals surface area contributed by atoms with Crippen LogP contribution in [-0.2, 0) is 9.47 Å². The van der Waals surface area contributed by atoms with E-state index in [1.54, 1.807) is 0 Å². The molecule has 0 spiro atoms. The van der Waals surface area contributed by atoms with Crippen molar-refractivity contribution in [3.05, 3.63) is 0 Å². The Morgan fingerprint density at radius 3 is 2.44 bits per heavy atom. The first-order chi connectivity index (χ1) is 8.15. The lowest BCUT2D eigenvalue weighted by Crippen LogP contribution is -2.82. The van der Waals surface area contributed by atoms with Gasteiger partial charge in [0.2, 0.25) is 0 Å². The van der Waals surface area contributed by atoms with Crippen LogP contribution in [0, 0.1) is 16.2 Å². The van der Waals surface area contributed by atoms with Crippen LogP contribution in [0.2, 0.25) is 0 Å². The third kappa shape index (κ3) is 0.695. The fourth-order valence-electron chi connectivity index (χ4n) is 5.42. The minimum absolute atomic E-state index is 0.0659. The highest BCUT2D eigenvalue weighted by Gasteiger charge is 2.88. The summed E-state index contributed by atoms with van der Waals surface area (Å²) in [5, 5.41) is 22.4. The molecule has 2 saturated carbocycles. The molecule has 0 aromatic rings. The molecule has 4 aliphatic rings. The molecule has 0 aromatic heterocycles. The average Bonchev–Trinajstić information content (AvgIpc) is 2.58. The molecule has 102 valence electrons. The third-order valence-electron chi connectivity index (χ3n) is 7.30. The summed E-state index contributed by atoms with van der Waals surface area (Å²) in [6.07, 6.45) is 1.28. The minimum atomic E-state index is -1.27. The predicted octanol–water partition coefficient (Wildman–Crippen LogP) is 1.05. The van der Waals surface area contributed by atoms with Gasteiger partial charge in [-0.1, -0.05) is 27.7 Å². The Kier molecular flexibility index (Phi) is 1.64. The van der Waals surface area contributed by atoms with Crippen molar-refractivity contribution in [3.8, 4) is 0 Å². The van der Waals surface area contributed by atoms with Crippen LogP contribution in [0.4, 0.5) is 0 Å². The second kappa shape index (κ2) is 2.53. The lowest BCUT2D eigenvalue weighted by Gasteiger charge is -2.70. The van der Waals surface area contributed by atoms with Crippen molar-refractivity contribution in [1.82, 2.24) is 0 Å². The molecule has 2 aliphatic carbocycles. The Bertz CT molecular complexity index is 444. The molecule has 4 rings (SSSR count). The Hall–Kier alpha value is -0.160. The number of aliphatic hydroxyl groups is 2. The number of fused-ring (bicyclic) bond motifs is 4. The fourth-order valence-corrected chi connectivity index (χ4v) is 5.42. The van der Waals surface area contributed by atoms with Crippen molar-refractivity contribution in [1.29, 1.82) is 0 Å². The smallest absolute Gasteiger partial charge is 0.198 e. The third-order valence-corrected chi connectivity index (χ3v) is 7.30. The van der Waals surface area contributed by atoms with Gasteiger partial charge in [-0.25, -0.2) is 0 Å². The van der Waals surface area contributed by atoms with E-state index >= 15 is 0 Å². The average molecular weight is 254 g/mol. The van der Waals surface area contributed by atoms with Crippen LogP contribution >= 0.6 is 0 Å². The van der Waals surface area contributed by atoms with Gasteiger partial charge in [0, 0.05) is 10.8 Å². The monoisotopic (exact) mass is 254 g/mol. The van der Waals surface area contributed by atoms with Crippen LogP contribution in [0.3, 0.4) is 0 Å². The Labute approximate surface area is 107 Å². The lowest BCUT2D eigenvalue weighted by atomic mass is 9.42. The first-order valence-corrected chi connectivity index (χ1v) is 6.89. The Balaban J connectivity index is 2.01. The number of hydrogen-bond donors (Lipinski definition) is 2. The zero-order chi connectivity index (χ0) is 13.2. The Morgan fingerprint density at radius 2 is 1.78 bits per heavy atom. The molecule has 2 heterocycles. The van der Waals surface area contributed by atoms with E-state index in [9.17, 15) is 10.2 Å². The second-order valence-corrected chi connectivity index (χ2v) is 7.63. The molecule has 4 fully saturated rings. The van der Waals surface area contributed by atoms with Gasteiger partial charge >= 0.3 is 0 Å². The molecule has 0 radical (unpaired) electrons. The van der Waals surface area contributed by atoms with Crippen LogP contribution in [0.5, 0.6) is 0 Å². The van der Waals surface area contributed by atoms with Gasteiger partial charge < -0.3 is 19.7 Å². The normalized spacial score (nSPS) is 67.7.